The summed E-state index contributed by atoms with van der Waals surface area (Å²) in [5, 5.41) is 2.57. The highest BCUT2D eigenvalue weighted by atomic mass is 19.3. The fraction of sp³-hybridized carbons (Fsp3) is 0.364. The van der Waals surface area contributed by atoms with Crippen molar-refractivity contribution >= 4 is 11.7 Å². The van der Waals surface area contributed by atoms with Gasteiger partial charge in [0.1, 0.15) is 0 Å². The topological polar surface area (TPSA) is 38.3 Å². The third-order valence-corrected chi connectivity index (χ3v) is 2.09. The lowest BCUT2D eigenvalue weighted by Gasteiger charge is -2.16. The van der Waals surface area contributed by atoms with Crippen molar-refractivity contribution in [2.24, 2.45) is 0 Å². The Balaban J connectivity index is 2.91. The second-order valence-electron chi connectivity index (χ2n) is 3.30. The van der Waals surface area contributed by atoms with Gasteiger partial charge in [-0.2, -0.15) is 0 Å². The first-order chi connectivity index (χ1) is 7.56. The summed E-state index contributed by atoms with van der Waals surface area (Å²) in [4.78, 5) is 11.3. The second kappa shape index (κ2) is 5.44. The minimum Gasteiger partial charge on any atom is -0.465 e. The normalized spacial score (nSPS) is 12.3. The Morgan fingerprint density at radius 3 is 2.56 bits per heavy atom. The maximum atomic E-state index is 12.3. The van der Waals surface area contributed by atoms with Crippen LogP contribution in [-0.2, 0) is 4.74 Å². The lowest BCUT2D eigenvalue weighted by Crippen LogP contribution is -2.25. The lowest BCUT2D eigenvalue weighted by atomic mass is 10.1. The first kappa shape index (κ1) is 12.4. The maximum Gasteiger partial charge on any atom is 0.339 e. The third-order valence-electron chi connectivity index (χ3n) is 2.09. The second-order valence-corrected chi connectivity index (χ2v) is 3.30. The van der Waals surface area contributed by atoms with Crippen molar-refractivity contribution in [3.63, 3.8) is 0 Å². The van der Waals surface area contributed by atoms with Gasteiger partial charge in [0.15, 0.2) is 0 Å². The molecule has 16 heavy (non-hydrogen) atoms. The molecule has 1 N–H and O–H groups in total. The SMILES string of the molecule is COC(=O)c1ccccc1NC(C)C(F)F. The highest BCUT2D eigenvalue weighted by Gasteiger charge is 2.17. The lowest BCUT2D eigenvalue weighted by molar-refractivity contribution is 0.0601. The number of nitrogens with one attached hydrogen (secondary N) is 1. The number of esters is 1. The predicted octanol–water partition coefficient (Wildman–Crippen LogP) is 2.54. The Labute approximate surface area is 92.4 Å². The number of anilines is 1. The van der Waals surface area contributed by atoms with Crippen LogP contribution < -0.4 is 5.32 Å². The summed E-state index contributed by atoms with van der Waals surface area (Å²) in [5.41, 5.74) is 0.597. The van der Waals surface area contributed by atoms with Crippen LogP contribution in [0.1, 0.15) is 17.3 Å². The Morgan fingerprint density at radius 1 is 1.38 bits per heavy atom. The van der Waals surface area contributed by atoms with E-state index in [1.54, 1.807) is 18.2 Å². The van der Waals surface area contributed by atoms with E-state index in [2.05, 4.69) is 10.1 Å². The first-order valence-corrected chi connectivity index (χ1v) is 4.78. The zero-order valence-corrected chi connectivity index (χ0v) is 9.04. The largest absolute Gasteiger partial charge is 0.465 e. The molecule has 0 aliphatic carbocycles. The molecule has 88 valence electrons. The van der Waals surface area contributed by atoms with E-state index in [9.17, 15) is 13.6 Å². The summed E-state index contributed by atoms with van der Waals surface area (Å²) in [6.45, 7) is 1.35. The van der Waals surface area contributed by atoms with Gasteiger partial charge in [-0.1, -0.05) is 12.1 Å². The van der Waals surface area contributed by atoms with Crippen molar-refractivity contribution in [2.75, 3.05) is 12.4 Å². The molecule has 0 spiro atoms. The van der Waals surface area contributed by atoms with Crippen LogP contribution in [0.5, 0.6) is 0 Å². The molecule has 1 atom stereocenters. The number of carbonyl (C=O) groups excluding carboxylic acids is 1. The van der Waals surface area contributed by atoms with E-state index in [1.807, 2.05) is 0 Å². The zero-order valence-electron chi connectivity index (χ0n) is 9.04. The van der Waals surface area contributed by atoms with E-state index in [0.29, 0.717) is 5.69 Å². The molecular formula is C11H13F2NO2. The summed E-state index contributed by atoms with van der Waals surface area (Å²) in [6.07, 6.45) is -2.49. The average molecular weight is 229 g/mol. The number of rotatable bonds is 4. The number of ether oxygens (including phenoxy) is 1. The van der Waals surface area contributed by atoms with Gasteiger partial charge in [-0.15, -0.1) is 0 Å². The average Bonchev–Trinajstić information content (AvgIpc) is 2.28. The molecule has 1 rings (SSSR count). The number of para-hydroxylation sites is 1. The van der Waals surface area contributed by atoms with Gasteiger partial charge < -0.3 is 10.1 Å². The third kappa shape index (κ3) is 2.92. The van der Waals surface area contributed by atoms with Crippen LogP contribution in [0.3, 0.4) is 0 Å². The number of methoxy groups -OCH3 is 1. The van der Waals surface area contributed by atoms with Crippen molar-refractivity contribution in [3.8, 4) is 0 Å². The predicted molar refractivity (Wildman–Crippen MR) is 56.9 cm³/mol. The van der Waals surface area contributed by atoms with Crippen molar-refractivity contribution in [1.29, 1.82) is 0 Å². The number of hydrogen-bond acceptors (Lipinski definition) is 3. The van der Waals surface area contributed by atoms with Crippen molar-refractivity contribution in [1.82, 2.24) is 0 Å². The highest BCUT2D eigenvalue weighted by Crippen LogP contribution is 2.18. The minimum absolute atomic E-state index is 0.248. The van der Waals surface area contributed by atoms with Crippen LogP contribution >= 0.6 is 0 Å². The number of halogens is 2. The molecule has 1 unspecified atom stereocenters. The van der Waals surface area contributed by atoms with Gasteiger partial charge >= 0.3 is 5.97 Å². The smallest absolute Gasteiger partial charge is 0.339 e. The number of carbonyl (C=O) groups is 1. The van der Waals surface area contributed by atoms with Crippen LogP contribution in [0.25, 0.3) is 0 Å². The van der Waals surface area contributed by atoms with Gasteiger partial charge in [0.05, 0.1) is 18.7 Å². The molecule has 0 radical (unpaired) electrons. The molecule has 0 amide bonds. The number of benzene rings is 1. The summed E-state index contributed by atoms with van der Waals surface area (Å²) < 4.78 is 29.3. The van der Waals surface area contributed by atoms with Crippen LogP contribution in [0.15, 0.2) is 24.3 Å². The molecule has 1 aromatic carbocycles. The molecule has 5 heteroatoms. The molecule has 0 heterocycles. The minimum atomic E-state index is -2.49. The van der Waals surface area contributed by atoms with Crippen LogP contribution in [0, 0.1) is 0 Å². The molecular weight excluding hydrogens is 216 g/mol. The molecule has 0 aliphatic rings. The Bertz CT molecular complexity index is 369. The molecule has 0 aromatic heterocycles. The van der Waals surface area contributed by atoms with Gasteiger partial charge in [0.2, 0.25) is 0 Å². The summed E-state index contributed by atoms with van der Waals surface area (Å²) in [5.74, 6) is -0.551. The quantitative estimate of drug-likeness (QED) is 0.806. The molecule has 1 aromatic rings. The fourth-order valence-electron chi connectivity index (χ4n) is 1.21. The molecule has 3 nitrogen and oxygen atoms in total. The maximum absolute atomic E-state index is 12.3. The van der Waals surface area contributed by atoms with Crippen LogP contribution in [0.4, 0.5) is 14.5 Å². The van der Waals surface area contributed by atoms with Gasteiger partial charge in [0.25, 0.3) is 6.43 Å². The van der Waals surface area contributed by atoms with E-state index in [0.717, 1.165) is 0 Å². The molecule has 0 aliphatic heterocycles. The Morgan fingerprint density at radius 2 is 2.00 bits per heavy atom. The standard InChI is InChI=1S/C11H13F2NO2/c1-7(10(12)13)14-9-6-4-3-5-8(9)11(15)16-2/h3-7,10,14H,1-2H3. The fourth-order valence-corrected chi connectivity index (χ4v) is 1.21. The summed E-state index contributed by atoms with van der Waals surface area (Å²) >= 11 is 0. The zero-order chi connectivity index (χ0) is 12.1. The van der Waals surface area contributed by atoms with E-state index < -0.39 is 18.4 Å². The molecule has 0 bridgehead atoms. The highest BCUT2D eigenvalue weighted by molar-refractivity contribution is 5.95. The number of hydrogen-bond donors (Lipinski definition) is 1. The Hall–Kier alpha value is -1.65. The van der Waals surface area contributed by atoms with Gasteiger partial charge in [-0.3, -0.25) is 0 Å². The van der Waals surface area contributed by atoms with Crippen molar-refractivity contribution in [2.45, 2.75) is 19.4 Å². The van der Waals surface area contributed by atoms with E-state index in [1.165, 1.54) is 20.1 Å². The monoisotopic (exact) mass is 229 g/mol. The first-order valence-electron chi connectivity index (χ1n) is 4.78. The molecule has 0 saturated carbocycles. The molecule has 0 saturated heterocycles. The van der Waals surface area contributed by atoms with E-state index in [4.69, 9.17) is 0 Å². The van der Waals surface area contributed by atoms with Crippen LogP contribution in [0.2, 0.25) is 0 Å². The van der Waals surface area contributed by atoms with Crippen molar-refractivity contribution < 1.29 is 18.3 Å². The Kier molecular flexibility index (Phi) is 4.22. The van der Waals surface area contributed by atoms with Gasteiger partial charge in [-0.05, 0) is 19.1 Å². The molecule has 0 fully saturated rings. The van der Waals surface area contributed by atoms with Gasteiger partial charge in [-0.25, -0.2) is 13.6 Å². The summed E-state index contributed by atoms with van der Waals surface area (Å²) in [6, 6.07) is 5.36. The van der Waals surface area contributed by atoms with Crippen molar-refractivity contribution in [3.05, 3.63) is 29.8 Å². The number of alkyl halides is 2. The summed E-state index contributed by atoms with van der Waals surface area (Å²) in [7, 11) is 1.25. The van der Waals surface area contributed by atoms with Gasteiger partial charge in [0, 0.05) is 5.69 Å². The van der Waals surface area contributed by atoms with E-state index >= 15 is 0 Å². The van der Waals surface area contributed by atoms with E-state index in [-0.39, 0.29) is 5.56 Å². The van der Waals surface area contributed by atoms with Crippen LogP contribution in [-0.4, -0.2) is 25.5 Å².